The van der Waals surface area contributed by atoms with Crippen LogP contribution in [-0.2, 0) is 9.59 Å². The van der Waals surface area contributed by atoms with Crippen molar-refractivity contribution in [1.82, 2.24) is 15.2 Å². The van der Waals surface area contributed by atoms with Crippen molar-refractivity contribution in [2.45, 2.75) is 50.9 Å². The molecule has 0 unspecified atom stereocenters. The third kappa shape index (κ3) is 4.32. The van der Waals surface area contributed by atoms with Gasteiger partial charge >= 0.3 is 0 Å². The van der Waals surface area contributed by atoms with Gasteiger partial charge in [-0.25, -0.2) is 4.98 Å². The van der Waals surface area contributed by atoms with Crippen molar-refractivity contribution in [3.8, 4) is 0 Å². The summed E-state index contributed by atoms with van der Waals surface area (Å²) in [6.07, 6.45) is 7.46. The van der Waals surface area contributed by atoms with E-state index < -0.39 is 0 Å². The molecule has 2 amide bonds. The summed E-state index contributed by atoms with van der Waals surface area (Å²) in [5.41, 5.74) is 1.04. The van der Waals surface area contributed by atoms with Crippen LogP contribution >= 0.6 is 11.3 Å². The summed E-state index contributed by atoms with van der Waals surface area (Å²) in [7, 11) is 0. The van der Waals surface area contributed by atoms with Gasteiger partial charge in [0.2, 0.25) is 11.8 Å². The number of hydrogen-bond donors (Lipinski definition) is 1. The highest BCUT2D eigenvalue weighted by atomic mass is 32.1. The molecule has 27 heavy (non-hydrogen) atoms. The monoisotopic (exact) mass is 385 g/mol. The number of hydrogen-bond acceptors (Lipinski definition) is 4. The summed E-state index contributed by atoms with van der Waals surface area (Å²) >= 11 is 1.74. The molecule has 1 N–H and O–H groups in total. The second kappa shape index (κ2) is 8.38. The van der Waals surface area contributed by atoms with Gasteiger partial charge in [0, 0.05) is 24.9 Å². The average molecular weight is 386 g/mol. The van der Waals surface area contributed by atoms with Crippen LogP contribution in [-0.4, -0.2) is 41.3 Å². The van der Waals surface area contributed by atoms with Crippen LogP contribution in [0.1, 0.15) is 55.9 Å². The van der Waals surface area contributed by atoms with Crippen molar-refractivity contribution in [2.24, 2.45) is 5.92 Å². The Bertz CT molecular complexity index is 780. The summed E-state index contributed by atoms with van der Waals surface area (Å²) < 4.78 is 1.20. The molecule has 2 aliphatic rings. The number of amides is 2. The average Bonchev–Trinajstić information content (AvgIpc) is 3.17. The number of piperidine rings is 1. The number of fused-ring (bicyclic) bond motifs is 1. The van der Waals surface area contributed by atoms with E-state index in [0.717, 1.165) is 55.6 Å². The van der Waals surface area contributed by atoms with Crippen molar-refractivity contribution >= 4 is 33.4 Å². The lowest BCUT2D eigenvalue weighted by atomic mass is 9.89. The number of carbonyl (C=O) groups is 2. The van der Waals surface area contributed by atoms with E-state index >= 15 is 0 Å². The molecular formula is C21H27N3O2S. The third-order valence-corrected chi connectivity index (χ3v) is 7.02. The van der Waals surface area contributed by atoms with E-state index in [1.165, 1.54) is 11.1 Å². The minimum atomic E-state index is 0.0324. The first-order valence-corrected chi connectivity index (χ1v) is 10.9. The van der Waals surface area contributed by atoms with Crippen LogP contribution in [0.2, 0.25) is 0 Å². The van der Waals surface area contributed by atoms with Crippen LogP contribution in [0, 0.1) is 5.92 Å². The summed E-state index contributed by atoms with van der Waals surface area (Å²) in [5.74, 6) is 0.491. The maximum Gasteiger partial charge on any atom is 0.241 e. The lowest BCUT2D eigenvalue weighted by Crippen LogP contribution is -2.45. The van der Waals surface area contributed by atoms with Gasteiger partial charge in [0.15, 0.2) is 0 Å². The Balaban J connectivity index is 1.33. The molecule has 1 saturated carbocycles. The molecule has 2 heterocycles. The Labute approximate surface area is 164 Å². The zero-order chi connectivity index (χ0) is 18.6. The van der Waals surface area contributed by atoms with Crippen LogP contribution in [0.5, 0.6) is 0 Å². The minimum Gasteiger partial charge on any atom is -0.347 e. The summed E-state index contributed by atoms with van der Waals surface area (Å²) in [4.78, 5) is 31.6. The molecule has 2 fully saturated rings. The lowest BCUT2D eigenvalue weighted by molar-refractivity contribution is -0.135. The predicted molar refractivity (Wildman–Crippen MR) is 108 cm³/mol. The SMILES string of the molecule is O=C(NCC(=O)N1CCC[C@H](c2nc3ccccc3s2)C1)C1CCCCC1. The maximum atomic E-state index is 12.6. The van der Waals surface area contributed by atoms with Crippen LogP contribution in [0.15, 0.2) is 24.3 Å². The zero-order valence-corrected chi connectivity index (χ0v) is 16.5. The predicted octanol–water partition coefficient (Wildman–Crippen LogP) is 3.70. The normalized spacial score (nSPS) is 21.3. The van der Waals surface area contributed by atoms with E-state index in [4.69, 9.17) is 4.98 Å². The van der Waals surface area contributed by atoms with E-state index in [0.29, 0.717) is 12.5 Å². The molecule has 6 heteroatoms. The molecule has 1 aromatic carbocycles. The van der Waals surface area contributed by atoms with Crippen LogP contribution in [0.3, 0.4) is 0 Å². The summed E-state index contributed by atoms with van der Waals surface area (Å²) in [5, 5.41) is 4.01. The van der Waals surface area contributed by atoms with Crippen LogP contribution < -0.4 is 5.32 Å². The molecule has 4 rings (SSSR count). The molecule has 0 bridgehead atoms. The van der Waals surface area contributed by atoms with Gasteiger partial charge in [-0.2, -0.15) is 0 Å². The van der Waals surface area contributed by atoms with E-state index in [2.05, 4.69) is 11.4 Å². The molecule has 0 spiro atoms. The number of nitrogens with zero attached hydrogens (tertiary/aromatic N) is 2. The third-order valence-electron chi connectivity index (χ3n) is 5.82. The van der Waals surface area contributed by atoms with Gasteiger partial charge in [0.05, 0.1) is 21.8 Å². The summed E-state index contributed by atoms with van der Waals surface area (Å²) in [6, 6.07) is 8.19. The smallest absolute Gasteiger partial charge is 0.241 e. The van der Waals surface area contributed by atoms with Gasteiger partial charge in [-0.15, -0.1) is 11.3 Å². The Hall–Kier alpha value is -1.95. The highest BCUT2D eigenvalue weighted by Crippen LogP contribution is 2.33. The first kappa shape index (κ1) is 18.4. The van der Waals surface area contributed by atoms with Gasteiger partial charge in [-0.05, 0) is 37.8 Å². The number of carbonyl (C=O) groups excluding carboxylic acids is 2. The molecular weight excluding hydrogens is 358 g/mol. The first-order chi connectivity index (χ1) is 13.2. The van der Waals surface area contributed by atoms with Gasteiger partial charge in [-0.1, -0.05) is 31.4 Å². The van der Waals surface area contributed by atoms with E-state index in [-0.39, 0.29) is 24.3 Å². The Kier molecular flexibility index (Phi) is 5.72. The molecule has 1 atom stereocenters. The number of likely N-dealkylation sites (tertiary alicyclic amines) is 1. The van der Waals surface area contributed by atoms with E-state index in [1.807, 2.05) is 23.1 Å². The van der Waals surface area contributed by atoms with Gasteiger partial charge in [-0.3, -0.25) is 9.59 Å². The fourth-order valence-corrected chi connectivity index (χ4v) is 5.35. The quantitative estimate of drug-likeness (QED) is 0.873. The highest BCUT2D eigenvalue weighted by Gasteiger charge is 2.28. The molecule has 1 aliphatic heterocycles. The molecule has 1 aromatic heterocycles. The first-order valence-electron chi connectivity index (χ1n) is 10.1. The van der Waals surface area contributed by atoms with Gasteiger partial charge < -0.3 is 10.2 Å². The Morgan fingerprint density at radius 3 is 2.74 bits per heavy atom. The molecule has 144 valence electrons. The molecule has 2 aromatic rings. The topological polar surface area (TPSA) is 62.3 Å². The van der Waals surface area contributed by atoms with Gasteiger partial charge in [0.1, 0.15) is 0 Å². The largest absolute Gasteiger partial charge is 0.347 e. The second-order valence-corrected chi connectivity index (χ2v) is 8.81. The number of nitrogens with one attached hydrogen (secondary N) is 1. The lowest BCUT2D eigenvalue weighted by Gasteiger charge is -2.32. The Morgan fingerprint density at radius 1 is 1.11 bits per heavy atom. The van der Waals surface area contributed by atoms with E-state index in [1.54, 1.807) is 11.3 Å². The van der Waals surface area contributed by atoms with E-state index in [9.17, 15) is 9.59 Å². The zero-order valence-electron chi connectivity index (χ0n) is 15.7. The minimum absolute atomic E-state index is 0.0324. The van der Waals surface area contributed by atoms with Crippen molar-refractivity contribution in [3.05, 3.63) is 29.3 Å². The molecule has 0 radical (unpaired) electrons. The number of para-hydroxylation sites is 1. The molecule has 5 nitrogen and oxygen atoms in total. The molecule has 1 saturated heterocycles. The maximum absolute atomic E-state index is 12.6. The Morgan fingerprint density at radius 2 is 1.93 bits per heavy atom. The molecule has 1 aliphatic carbocycles. The second-order valence-electron chi connectivity index (χ2n) is 7.75. The number of benzene rings is 1. The highest BCUT2D eigenvalue weighted by molar-refractivity contribution is 7.18. The van der Waals surface area contributed by atoms with Crippen molar-refractivity contribution < 1.29 is 9.59 Å². The van der Waals surface area contributed by atoms with Crippen molar-refractivity contribution in [3.63, 3.8) is 0 Å². The summed E-state index contributed by atoms with van der Waals surface area (Å²) in [6.45, 7) is 1.61. The van der Waals surface area contributed by atoms with Crippen LogP contribution in [0.4, 0.5) is 0 Å². The van der Waals surface area contributed by atoms with Gasteiger partial charge in [0.25, 0.3) is 0 Å². The van der Waals surface area contributed by atoms with Crippen molar-refractivity contribution in [2.75, 3.05) is 19.6 Å². The number of aromatic nitrogens is 1. The fraction of sp³-hybridized carbons (Fsp3) is 0.571. The number of thiazole rings is 1. The number of rotatable bonds is 4. The fourth-order valence-electron chi connectivity index (χ4n) is 4.25. The van der Waals surface area contributed by atoms with Crippen LogP contribution in [0.25, 0.3) is 10.2 Å². The van der Waals surface area contributed by atoms with Crippen molar-refractivity contribution in [1.29, 1.82) is 0 Å². The standard InChI is InChI=1S/C21H27N3O2S/c25-19(13-22-20(26)15-7-2-1-3-8-15)24-12-6-9-16(14-24)21-23-17-10-4-5-11-18(17)27-21/h4-5,10-11,15-16H,1-3,6-9,12-14H2,(H,22,26)/t16-/m0/s1.